The lowest BCUT2D eigenvalue weighted by Crippen LogP contribution is -2.51. The van der Waals surface area contributed by atoms with Crippen molar-refractivity contribution in [3.8, 4) is 0 Å². The van der Waals surface area contributed by atoms with Gasteiger partial charge in [-0.25, -0.2) is 0 Å². The minimum Gasteiger partial charge on any atom is -0.383 e. The molecular formula is C23H31N3O2. The molecule has 2 aromatic rings. The minimum absolute atomic E-state index is 0.0410. The fourth-order valence-electron chi connectivity index (χ4n) is 3.88. The quantitative estimate of drug-likeness (QED) is 0.763. The third-order valence-electron chi connectivity index (χ3n) is 5.19. The van der Waals surface area contributed by atoms with Crippen molar-refractivity contribution in [1.29, 1.82) is 0 Å². The predicted molar refractivity (Wildman–Crippen MR) is 112 cm³/mol. The van der Waals surface area contributed by atoms with Gasteiger partial charge in [-0.05, 0) is 18.1 Å². The number of ether oxygens (including phenoxy) is 1. The largest absolute Gasteiger partial charge is 0.383 e. The smallest absolute Gasteiger partial charge is 0.234 e. The monoisotopic (exact) mass is 381 g/mol. The van der Waals surface area contributed by atoms with E-state index in [9.17, 15) is 4.79 Å². The fourth-order valence-corrected chi connectivity index (χ4v) is 3.88. The summed E-state index contributed by atoms with van der Waals surface area (Å²) in [5, 5.41) is 2.99. The fraction of sp³-hybridized carbons (Fsp3) is 0.435. The first-order valence-corrected chi connectivity index (χ1v) is 10.0. The van der Waals surface area contributed by atoms with Crippen molar-refractivity contribution in [2.75, 3.05) is 46.4 Å². The number of rotatable bonds is 8. The summed E-state index contributed by atoms with van der Waals surface area (Å²) in [6.45, 7) is 6.61. The second-order valence-corrected chi connectivity index (χ2v) is 7.46. The first-order chi connectivity index (χ1) is 13.7. The van der Waals surface area contributed by atoms with Crippen LogP contribution in [0.5, 0.6) is 0 Å². The van der Waals surface area contributed by atoms with Crippen LogP contribution in [0.2, 0.25) is 0 Å². The van der Waals surface area contributed by atoms with Crippen molar-refractivity contribution < 1.29 is 9.53 Å². The highest BCUT2D eigenvalue weighted by atomic mass is 16.5. The van der Waals surface area contributed by atoms with Crippen LogP contribution in [0, 0.1) is 0 Å². The molecule has 1 N–H and O–H groups in total. The zero-order valence-electron chi connectivity index (χ0n) is 16.9. The second-order valence-electron chi connectivity index (χ2n) is 7.46. The Hall–Kier alpha value is -2.21. The van der Waals surface area contributed by atoms with Crippen LogP contribution in [-0.2, 0) is 9.53 Å². The van der Waals surface area contributed by atoms with Crippen LogP contribution in [0.1, 0.15) is 24.1 Å². The standard InChI is InChI=1S/C23H31N3O2/c1-19(18-28-2)24-22(27)17-25-13-15-26(16-14-25)23(20-9-5-3-6-10-20)21-11-7-4-8-12-21/h3-12,19,23H,13-18H2,1-2H3,(H,24,27). The number of hydrogen-bond donors (Lipinski definition) is 1. The highest BCUT2D eigenvalue weighted by molar-refractivity contribution is 5.78. The summed E-state index contributed by atoms with van der Waals surface area (Å²) in [6.07, 6.45) is 0. The van der Waals surface area contributed by atoms with E-state index in [-0.39, 0.29) is 18.0 Å². The molecule has 1 amide bonds. The molecule has 5 nitrogen and oxygen atoms in total. The number of nitrogens with one attached hydrogen (secondary N) is 1. The molecule has 0 spiro atoms. The van der Waals surface area contributed by atoms with Crippen LogP contribution < -0.4 is 5.32 Å². The Kier molecular flexibility index (Phi) is 7.60. The lowest BCUT2D eigenvalue weighted by atomic mass is 9.96. The Balaban J connectivity index is 1.61. The van der Waals surface area contributed by atoms with Crippen LogP contribution in [0.25, 0.3) is 0 Å². The summed E-state index contributed by atoms with van der Waals surface area (Å²) in [5.74, 6) is 0.0701. The van der Waals surface area contributed by atoms with E-state index in [2.05, 4.69) is 75.8 Å². The summed E-state index contributed by atoms with van der Waals surface area (Å²) in [6, 6.07) is 21.6. The van der Waals surface area contributed by atoms with Gasteiger partial charge in [0.1, 0.15) is 0 Å². The molecule has 0 aromatic heterocycles. The van der Waals surface area contributed by atoms with Gasteiger partial charge in [-0.1, -0.05) is 60.7 Å². The summed E-state index contributed by atoms with van der Waals surface area (Å²) >= 11 is 0. The third-order valence-corrected chi connectivity index (χ3v) is 5.19. The number of benzene rings is 2. The van der Waals surface area contributed by atoms with Crippen LogP contribution in [0.15, 0.2) is 60.7 Å². The topological polar surface area (TPSA) is 44.8 Å². The van der Waals surface area contributed by atoms with E-state index in [0.717, 1.165) is 26.2 Å². The molecule has 1 atom stereocenters. The molecule has 1 aliphatic rings. The zero-order chi connectivity index (χ0) is 19.8. The first-order valence-electron chi connectivity index (χ1n) is 10.0. The number of nitrogens with zero attached hydrogens (tertiary/aromatic N) is 2. The van der Waals surface area contributed by atoms with Crippen molar-refractivity contribution in [2.24, 2.45) is 0 Å². The summed E-state index contributed by atoms with van der Waals surface area (Å²) in [4.78, 5) is 17.0. The molecule has 0 saturated carbocycles. The zero-order valence-corrected chi connectivity index (χ0v) is 16.9. The van der Waals surface area contributed by atoms with Gasteiger partial charge >= 0.3 is 0 Å². The van der Waals surface area contributed by atoms with Crippen molar-refractivity contribution in [3.63, 3.8) is 0 Å². The molecule has 0 radical (unpaired) electrons. The number of carbonyl (C=O) groups is 1. The SMILES string of the molecule is COCC(C)NC(=O)CN1CCN(C(c2ccccc2)c2ccccc2)CC1. The van der Waals surface area contributed by atoms with E-state index in [1.807, 2.05) is 6.92 Å². The molecular weight excluding hydrogens is 350 g/mol. The molecule has 5 heteroatoms. The van der Waals surface area contributed by atoms with Gasteiger partial charge in [0.05, 0.1) is 19.2 Å². The molecule has 28 heavy (non-hydrogen) atoms. The highest BCUT2D eigenvalue weighted by Gasteiger charge is 2.27. The third kappa shape index (κ3) is 5.64. The number of carbonyl (C=O) groups excluding carboxylic acids is 1. The number of methoxy groups -OCH3 is 1. The van der Waals surface area contributed by atoms with Crippen molar-refractivity contribution in [3.05, 3.63) is 71.8 Å². The Labute approximate surface area is 168 Å². The second kappa shape index (κ2) is 10.4. The van der Waals surface area contributed by atoms with E-state index in [1.165, 1.54) is 11.1 Å². The normalized spacial score (nSPS) is 16.8. The van der Waals surface area contributed by atoms with Crippen LogP contribution in [0.3, 0.4) is 0 Å². The molecule has 1 saturated heterocycles. The maximum atomic E-state index is 12.2. The van der Waals surface area contributed by atoms with Gasteiger partial charge in [0, 0.05) is 39.3 Å². The first kappa shape index (κ1) is 20.5. The van der Waals surface area contributed by atoms with E-state index < -0.39 is 0 Å². The van der Waals surface area contributed by atoms with E-state index in [0.29, 0.717) is 13.2 Å². The van der Waals surface area contributed by atoms with E-state index in [4.69, 9.17) is 4.74 Å². The van der Waals surface area contributed by atoms with Crippen molar-refractivity contribution in [1.82, 2.24) is 15.1 Å². The van der Waals surface area contributed by atoms with Gasteiger partial charge < -0.3 is 10.1 Å². The lowest BCUT2D eigenvalue weighted by Gasteiger charge is -2.39. The molecule has 1 unspecified atom stereocenters. The molecule has 3 rings (SSSR count). The van der Waals surface area contributed by atoms with E-state index >= 15 is 0 Å². The molecule has 1 fully saturated rings. The maximum Gasteiger partial charge on any atom is 0.234 e. The Morgan fingerprint density at radius 1 is 0.964 bits per heavy atom. The van der Waals surface area contributed by atoms with Crippen LogP contribution in [-0.4, -0.2) is 68.2 Å². The molecule has 150 valence electrons. The molecule has 1 heterocycles. The lowest BCUT2D eigenvalue weighted by molar-refractivity contribution is -0.123. The molecule has 0 bridgehead atoms. The Morgan fingerprint density at radius 2 is 1.50 bits per heavy atom. The summed E-state index contributed by atoms with van der Waals surface area (Å²) < 4.78 is 5.08. The Morgan fingerprint density at radius 3 is 2.00 bits per heavy atom. The van der Waals surface area contributed by atoms with Gasteiger partial charge in [0.2, 0.25) is 5.91 Å². The van der Waals surface area contributed by atoms with Gasteiger partial charge in [0.25, 0.3) is 0 Å². The van der Waals surface area contributed by atoms with Gasteiger partial charge in [-0.15, -0.1) is 0 Å². The highest BCUT2D eigenvalue weighted by Crippen LogP contribution is 2.29. The van der Waals surface area contributed by atoms with Crippen LogP contribution in [0.4, 0.5) is 0 Å². The maximum absolute atomic E-state index is 12.2. The number of hydrogen-bond acceptors (Lipinski definition) is 4. The van der Waals surface area contributed by atoms with Gasteiger partial charge in [0.15, 0.2) is 0 Å². The van der Waals surface area contributed by atoms with Crippen molar-refractivity contribution >= 4 is 5.91 Å². The summed E-state index contributed by atoms with van der Waals surface area (Å²) in [5.41, 5.74) is 2.63. The molecule has 2 aromatic carbocycles. The van der Waals surface area contributed by atoms with Crippen molar-refractivity contribution in [2.45, 2.75) is 19.0 Å². The van der Waals surface area contributed by atoms with Gasteiger partial charge in [-0.3, -0.25) is 14.6 Å². The predicted octanol–water partition coefficient (Wildman–Crippen LogP) is 2.54. The van der Waals surface area contributed by atoms with E-state index in [1.54, 1.807) is 7.11 Å². The molecule has 0 aliphatic carbocycles. The minimum atomic E-state index is 0.0410. The molecule has 1 aliphatic heterocycles. The van der Waals surface area contributed by atoms with Gasteiger partial charge in [-0.2, -0.15) is 0 Å². The average Bonchev–Trinajstić information content (AvgIpc) is 2.71. The summed E-state index contributed by atoms with van der Waals surface area (Å²) in [7, 11) is 1.65. The average molecular weight is 382 g/mol. The number of piperazine rings is 1. The van der Waals surface area contributed by atoms with Crippen LogP contribution >= 0.6 is 0 Å². The number of amides is 1. The Bertz CT molecular complexity index is 676.